The number of fused-ring (bicyclic) bond motifs is 1. The Labute approximate surface area is 147 Å². The van der Waals surface area contributed by atoms with E-state index < -0.39 is 21.3 Å². The van der Waals surface area contributed by atoms with Gasteiger partial charge in [-0.2, -0.15) is 4.40 Å². The molecular weight excluding hydrogens is 416 g/mol. The zero-order valence-electron chi connectivity index (χ0n) is 13.5. The molecule has 22 heavy (non-hydrogen) atoms. The lowest BCUT2D eigenvalue weighted by molar-refractivity contribution is 0.147. The first-order valence-electron chi connectivity index (χ1n) is 7.11. The van der Waals surface area contributed by atoms with Crippen LogP contribution >= 0.6 is 22.6 Å². The van der Waals surface area contributed by atoms with Crippen LogP contribution < -0.4 is 4.74 Å². The first kappa shape index (κ1) is 17.8. The highest BCUT2D eigenvalue weighted by atomic mass is 127. The van der Waals surface area contributed by atoms with E-state index in [4.69, 9.17) is 4.74 Å². The second kappa shape index (κ2) is 6.19. The van der Waals surface area contributed by atoms with Gasteiger partial charge in [-0.3, -0.25) is 0 Å². The van der Waals surface area contributed by atoms with Crippen molar-refractivity contribution in [2.24, 2.45) is 4.40 Å². The Kier molecular flexibility index (Phi) is 5.02. The van der Waals surface area contributed by atoms with Crippen LogP contribution in [0.5, 0.6) is 5.75 Å². The first-order valence-corrected chi connectivity index (χ1v) is 9.75. The Balaban J connectivity index is 2.46. The van der Waals surface area contributed by atoms with Crippen molar-refractivity contribution in [3.63, 3.8) is 0 Å². The predicted molar refractivity (Wildman–Crippen MR) is 98.1 cm³/mol. The van der Waals surface area contributed by atoms with Crippen molar-refractivity contribution in [3.8, 4) is 5.75 Å². The molecule has 1 aromatic carbocycles. The molecule has 1 heterocycles. The van der Waals surface area contributed by atoms with Crippen LogP contribution in [0.25, 0.3) is 0 Å². The molecule has 122 valence electrons. The molecule has 0 fully saturated rings. The minimum Gasteiger partial charge on any atom is -0.485 e. The molecule has 1 aliphatic heterocycles. The summed E-state index contributed by atoms with van der Waals surface area (Å²) in [6.45, 7) is 9.39. The fraction of sp³-hybridized carbons (Fsp3) is 0.562. The van der Waals surface area contributed by atoms with Gasteiger partial charge in [-0.25, -0.2) is 8.60 Å². The van der Waals surface area contributed by atoms with E-state index in [1.807, 2.05) is 27.7 Å². The van der Waals surface area contributed by atoms with E-state index in [1.165, 1.54) is 6.07 Å². The highest BCUT2D eigenvalue weighted by Gasteiger charge is 2.37. The van der Waals surface area contributed by atoms with Crippen LogP contribution in [0.15, 0.2) is 16.5 Å². The molecule has 2 rings (SSSR count). The van der Waals surface area contributed by atoms with Gasteiger partial charge in [0.15, 0.2) is 0 Å². The van der Waals surface area contributed by atoms with Crippen LogP contribution in [0.3, 0.4) is 0 Å². The highest BCUT2D eigenvalue weighted by molar-refractivity contribution is 14.1. The maximum Gasteiger partial charge on any atom is 0.145 e. The van der Waals surface area contributed by atoms with Gasteiger partial charge in [0.25, 0.3) is 0 Å². The maximum atomic E-state index is 14.1. The second-order valence-electron chi connectivity index (χ2n) is 6.80. The van der Waals surface area contributed by atoms with Crippen molar-refractivity contribution in [2.75, 3.05) is 4.43 Å². The summed E-state index contributed by atoms with van der Waals surface area (Å²) in [7, 11) is -1.35. The Morgan fingerprint density at radius 3 is 2.68 bits per heavy atom. The summed E-state index contributed by atoms with van der Waals surface area (Å²) in [5.41, 5.74) is 1.53. The van der Waals surface area contributed by atoms with Gasteiger partial charge >= 0.3 is 0 Å². The largest absolute Gasteiger partial charge is 0.485 e. The van der Waals surface area contributed by atoms with Crippen LogP contribution in [0.2, 0.25) is 0 Å². The van der Waals surface area contributed by atoms with Crippen molar-refractivity contribution in [2.45, 2.75) is 51.4 Å². The van der Waals surface area contributed by atoms with Gasteiger partial charge < -0.3 is 4.74 Å². The summed E-state index contributed by atoms with van der Waals surface area (Å²) in [5.74, 6) is 0.295. The van der Waals surface area contributed by atoms with Gasteiger partial charge in [-0.05, 0) is 46.8 Å². The molecule has 0 aliphatic carbocycles. The third-order valence-corrected chi connectivity index (χ3v) is 6.62. The smallest absolute Gasteiger partial charge is 0.145 e. The molecule has 0 aromatic heterocycles. The molecule has 1 aliphatic rings. The van der Waals surface area contributed by atoms with E-state index in [0.717, 1.165) is 9.99 Å². The van der Waals surface area contributed by atoms with Crippen molar-refractivity contribution in [3.05, 3.63) is 29.1 Å². The zero-order chi connectivity index (χ0) is 16.7. The fourth-order valence-electron chi connectivity index (χ4n) is 2.21. The Bertz CT molecular complexity index is 654. The van der Waals surface area contributed by atoms with E-state index in [0.29, 0.717) is 23.4 Å². The van der Waals surface area contributed by atoms with Crippen LogP contribution in [-0.4, -0.2) is 24.7 Å². The standard InChI is InChI=1S/C16H21FINO2S/c1-10(19-22(20)15(2,3)4)11-6-7-13(17)12-8-16(5,9-18)21-14(11)12/h6-7H,8-9H2,1-5H3/b19-10+. The van der Waals surface area contributed by atoms with E-state index >= 15 is 0 Å². The van der Waals surface area contributed by atoms with E-state index in [-0.39, 0.29) is 5.82 Å². The topological polar surface area (TPSA) is 38.7 Å². The van der Waals surface area contributed by atoms with Crippen LogP contribution in [0.4, 0.5) is 4.39 Å². The van der Waals surface area contributed by atoms with E-state index in [9.17, 15) is 8.60 Å². The summed E-state index contributed by atoms with van der Waals surface area (Å²) in [6, 6.07) is 3.10. The second-order valence-corrected chi connectivity index (χ2v) is 9.47. The number of nitrogens with zero attached hydrogens (tertiary/aromatic N) is 1. The summed E-state index contributed by atoms with van der Waals surface area (Å²) in [5, 5.41) is 0. The Morgan fingerprint density at radius 1 is 1.50 bits per heavy atom. The summed E-state index contributed by atoms with van der Waals surface area (Å²) < 4.78 is 36.9. The van der Waals surface area contributed by atoms with Gasteiger partial charge in [-0.1, -0.05) is 22.6 Å². The molecule has 3 nitrogen and oxygen atoms in total. The van der Waals surface area contributed by atoms with Gasteiger partial charge in [0.05, 0.1) is 10.5 Å². The Hall–Kier alpha value is -0.500. The molecule has 2 unspecified atom stereocenters. The predicted octanol–water partition coefficient (Wildman–Crippen LogP) is 4.23. The Morgan fingerprint density at radius 2 is 2.14 bits per heavy atom. The molecule has 0 radical (unpaired) electrons. The number of alkyl halides is 1. The lowest BCUT2D eigenvalue weighted by atomic mass is 9.99. The third-order valence-electron chi connectivity index (χ3n) is 3.52. The van der Waals surface area contributed by atoms with Crippen molar-refractivity contribution in [1.29, 1.82) is 0 Å². The van der Waals surface area contributed by atoms with Crippen LogP contribution in [-0.2, 0) is 17.4 Å². The number of rotatable bonds is 3. The molecule has 0 N–H and O–H groups in total. The lowest BCUT2D eigenvalue weighted by Gasteiger charge is -2.21. The van der Waals surface area contributed by atoms with Crippen molar-refractivity contribution >= 4 is 39.3 Å². The van der Waals surface area contributed by atoms with Gasteiger partial charge in [0.1, 0.15) is 28.2 Å². The van der Waals surface area contributed by atoms with E-state index in [2.05, 4.69) is 27.0 Å². The maximum absolute atomic E-state index is 14.1. The van der Waals surface area contributed by atoms with Crippen molar-refractivity contribution in [1.82, 2.24) is 0 Å². The number of benzene rings is 1. The van der Waals surface area contributed by atoms with Gasteiger partial charge in [0, 0.05) is 22.0 Å². The molecule has 0 spiro atoms. The average Bonchev–Trinajstić information content (AvgIpc) is 2.77. The summed E-state index contributed by atoms with van der Waals surface area (Å²) >= 11 is 2.25. The lowest BCUT2D eigenvalue weighted by Crippen LogP contribution is -2.32. The minimum absolute atomic E-state index is 0.253. The molecule has 0 amide bonds. The number of hydrogen-bond acceptors (Lipinski definition) is 2. The monoisotopic (exact) mass is 437 g/mol. The van der Waals surface area contributed by atoms with Crippen LogP contribution in [0, 0.1) is 5.82 Å². The number of ether oxygens (including phenoxy) is 1. The molecule has 0 saturated heterocycles. The van der Waals surface area contributed by atoms with E-state index in [1.54, 1.807) is 13.0 Å². The highest BCUT2D eigenvalue weighted by Crippen LogP contribution is 2.40. The molecule has 0 saturated carbocycles. The number of hydrogen-bond donors (Lipinski definition) is 0. The third kappa shape index (κ3) is 3.53. The average molecular weight is 437 g/mol. The molecular formula is C16H21FINO2S. The normalized spacial score (nSPS) is 23.1. The first-order chi connectivity index (χ1) is 10.1. The quantitative estimate of drug-likeness (QED) is 0.404. The fourth-order valence-corrected chi connectivity index (χ4v) is 3.26. The molecule has 0 bridgehead atoms. The summed E-state index contributed by atoms with van der Waals surface area (Å²) in [6.07, 6.45) is 0.542. The summed E-state index contributed by atoms with van der Waals surface area (Å²) in [4.78, 5) is 0. The van der Waals surface area contributed by atoms with Crippen LogP contribution in [0.1, 0.15) is 45.7 Å². The molecule has 2 atom stereocenters. The molecule has 1 aromatic rings. The SMILES string of the molecule is C/C(=N\S(=O)C(C)(C)C)c1ccc(F)c2c1OC(C)(CI)C2. The zero-order valence-corrected chi connectivity index (χ0v) is 16.5. The van der Waals surface area contributed by atoms with Gasteiger partial charge in [0.2, 0.25) is 0 Å². The van der Waals surface area contributed by atoms with Gasteiger partial charge in [-0.15, -0.1) is 0 Å². The number of halogens is 2. The minimum atomic E-state index is -1.35. The van der Waals surface area contributed by atoms with Crippen molar-refractivity contribution < 1.29 is 13.3 Å². The molecule has 6 heteroatoms.